The Bertz CT molecular complexity index is 3580. The number of nitrogens with one attached hydrogen (secondary N) is 3. The second kappa shape index (κ2) is 18.9. The first-order valence-corrected chi connectivity index (χ1v) is 21.7. The minimum atomic E-state index is -3.59. The molecule has 10 rings (SSSR count). The third-order valence-corrected chi connectivity index (χ3v) is 10.2. The van der Waals surface area contributed by atoms with E-state index in [4.69, 9.17) is 24.4 Å². The summed E-state index contributed by atoms with van der Waals surface area (Å²) in [6.07, 6.45) is 3.63. The zero-order valence-corrected chi connectivity index (χ0v) is 35.9. The molecule has 0 bridgehead atoms. The predicted octanol–water partition coefficient (Wildman–Crippen LogP) is 1.60. The van der Waals surface area contributed by atoms with Gasteiger partial charge in [-0.15, -0.1) is 35.4 Å². The van der Waals surface area contributed by atoms with E-state index in [-0.39, 0.29) is 43.6 Å². The molecule has 0 atom stereocenters. The lowest BCUT2D eigenvalue weighted by atomic mass is 10.2. The van der Waals surface area contributed by atoms with Crippen LogP contribution in [-0.2, 0) is 36.5 Å². The zero-order valence-electron chi connectivity index (χ0n) is 35.1. The number of pyridine rings is 2. The molecule has 0 fully saturated rings. The van der Waals surface area contributed by atoms with Crippen LogP contribution in [0, 0.1) is 0 Å². The van der Waals surface area contributed by atoms with Crippen molar-refractivity contribution in [1.29, 1.82) is 0 Å². The number of aliphatic hydroxyl groups excluding tert-OH is 2. The standard InChI is InChI=1S/C21H18N8O6S.C20H16N8O4/c1-36(32,33)28-25-20(31)12-6-7-13(22-9-12)11-34-21-16-5-3-2-4-15(16)18-23-24-19(29(18)26-21)17-8-14(10-30)35-27-17;21-23-19(30)11-5-6-12(22-8-11)10-31-20-15-4-2-1-3-14(15)17-24-25-18(28(17)26-20)16-7-13(9-29)32-27-16/h2-9,28,30H,10-11H2,1H3,(H,25,31);1-8,29H,9-10,21H2,(H,23,30). The first kappa shape index (κ1) is 44.3. The fraction of sp³-hybridized carbons (Fsp3) is 0.122. The summed E-state index contributed by atoms with van der Waals surface area (Å²) in [5, 5.41) is 55.3. The normalized spacial score (nSPS) is 11.5. The molecule has 0 aliphatic rings. The predicted molar refractivity (Wildman–Crippen MR) is 234 cm³/mol. The van der Waals surface area contributed by atoms with Crippen LogP contribution < -0.4 is 31.0 Å². The maximum atomic E-state index is 12.0. The molecule has 0 saturated carbocycles. The summed E-state index contributed by atoms with van der Waals surface area (Å²) in [6, 6.07) is 24.3. The molecule has 344 valence electrons. The summed E-state index contributed by atoms with van der Waals surface area (Å²) in [5.41, 5.74) is 7.46. The SMILES string of the molecule is CS(=O)(=O)NNC(=O)c1ccc(COc2nn3c(-c4cc(CO)on4)nnc3c3ccccc23)nc1.NNC(=O)c1ccc(COc2nn3c(-c4cc(CO)on4)nnc3c3ccccc23)nc1. The van der Waals surface area contributed by atoms with Crippen molar-refractivity contribution in [1.82, 2.24) is 75.6 Å². The Kier molecular flexibility index (Phi) is 12.3. The lowest BCUT2D eigenvalue weighted by Crippen LogP contribution is -2.40. The Hall–Kier alpha value is -8.89. The molecule has 2 aromatic carbocycles. The number of nitrogens with zero attached hydrogens (tertiary/aromatic N) is 12. The molecule has 0 aliphatic carbocycles. The molecule has 0 spiro atoms. The van der Waals surface area contributed by atoms with Crippen molar-refractivity contribution in [2.75, 3.05) is 6.26 Å². The van der Waals surface area contributed by atoms with Crippen LogP contribution in [0.3, 0.4) is 0 Å². The topological polar surface area (TPSA) is 353 Å². The van der Waals surface area contributed by atoms with Gasteiger partial charge >= 0.3 is 0 Å². The number of sulfonamides is 1. The lowest BCUT2D eigenvalue weighted by molar-refractivity contribution is 0.0940. The summed E-state index contributed by atoms with van der Waals surface area (Å²) in [5.74, 6) is 5.89. The number of nitrogen functional groups attached to an aromatic ring is 1. The maximum absolute atomic E-state index is 12.0. The Labute approximate surface area is 380 Å². The number of fused-ring (bicyclic) bond motifs is 6. The Morgan fingerprint density at radius 1 is 0.662 bits per heavy atom. The molecule has 0 radical (unpaired) electrons. The fourth-order valence-corrected chi connectivity index (χ4v) is 6.77. The van der Waals surface area contributed by atoms with Gasteiger partial charge < -0.3 is 28.7 Å². The molecule has 8 heterocycles. The number of hydrogen-bond acceptors (Lipinski definition) is 21. The van der Waals surface area contributed by atoms with Crippen LogP contribution in [0.5, 0.6) is 11.8 Å². The van der Waals surface area contributed by atoms with Crippen molar-refractivity contribution >= 4 is 54.7 Å². The number of carbonyl (C=O) groups is 2. The molecular formula is C41H34N16O10S. The van der Waals surface area contributed by atoms with Crippen LogP contribution in [0.25, 0.3) is 55.9 Å². The van der Waals surface area contributed by atoms with Crippen LogP contribution >= 0.6 is 0 Å². The van der Waals surface area contributed by atoms with Gasteiger partial charge in [0.1, 0.15) is 26.4 Å². The number of ether oxygens (including phenoxy) is 2. The second-order valence-electron chi connectivity index (χ2n) is 14.3. The van der Waals surface area contributed by atoms with Gasteiger partial charge in [0.15, 0.2) is 34.2 Å². The van der Waals surface area contributed by atoms with E-state index in [1.54, 1.807) is 30.3 Å². The van der Waals surface area contributed by atoms with Crippen molar-refractivity contribution in [3.63, 3.8) is 0 Å². The number of amides is 2. The van der Waals surface area contributed by atoms with Crippen molar-refractivity contribution in [2.24, 2.45) is 5.84 Å². The van der Waals surface area contributed by atoms with Gasteiger partial charge in [-0.2, -0.15) is 9.03 Å². The Balaban J connectivity index is 0.000000171. The van der Waals surface area contributed by atoms with Crippen LogP contribution in [0.4, 0.5) is 0 Å². The minimum absolute atomic E-state index is 0.0298. The third kappa shape index (κ3) is 9.29. The fourth-order valence-electron chi connectivity index (χ4n) is 6.49. The van der Waals surface area contributed by atoms with Gasteiger partial charge in [0.05, 0.1) is 28.8 Å². The van der Waals surface area contributed by atoms with Crippen LogP contribution in [-0.4, -0.2) is 96.6 Å². The number of nitrogens with two attached hydrogens (primary N) is 1. The van der Waals surface area contributed by atoms with E-state index in [2.05, 4.69) is 61.7 Å². The van der Waals surface area contributed by atoms with Gasteiger partial charge in [-0.05, 0) is 36.4 Å². The highest BCUT2D eigenvalue weighted by Gasteiger charge is 2.21. The van der Waals surface area contributed by atoms with Crippen molar-refractivity contribution in [3.05, 3.63) is 131 Å². The molecule has 0 aliphatic heterocycles. The number of hydrogen-bond donors (Lipinski definition) is 6. The summed E-state index contributed by atoms with van der Waals surface area (Å²) >= 11 is 0. The Morgan fingerprint density at radius 3 is 1.51 bits per heavy atom. The number of benzene rings is 2. The van der Waals surface area contributed by atoms with Gasteiger partial charge in [-0.25, -0.2) is 14.3 Å². The highest BCUT2D eigenvalue weighted by atomic mass is 32.2. The van der Waals surface area contributed by atoms with E-state index in [1.165, 1.54) is 27.5 Å². The highest BCUT2D eigenvalue weighted by Crippen LogP contribution is 2.31. The Morgan fingerprint density at radius 2 is 1.12 bits per heavy atom. The minimum Gasteiger partial charge on any atom is -0.470 e. The molecule has 10 aromatic rings. The van der Waals surface area contributed by atoms with E-state index in [0.717, 1.165) is 22.4 Å². The molecule has 68 heavy (non-hydrogen) atoms. The van der Waals surface area contributed by atoms with Gasteiger partial charge in [0.25, 0.3) is 11.8 Å². The van der Waals surface area contributed by atoms with Crippen LogP contribution in [0.15, 0.2) is 106 Å². The van der Waals surface area contributed by atoms with Gasteiger partial charge in [0, 0.05) is 46.1 Å². The number of aromatic nitrogens is 12. The third-order valence-electron chi connectivity index (χ3n) is 9.72. The smallest absolute Gasteiger partial charge is 0.267 e. The van der Waals surface area contributed by atoms with E-state index in [1.807, 2.05) is 53.4 Å². The van der Waals surface area contributed by atoms with Crippen molar-refractivity contribution in [3.8, 4) is 34.8 Å². The molecule has 26 nitrogen and oxygen atoms in total. The molecular weight excluding hydrogens is 909 g/mol. The summed E-state index contributed by atoms with van der Waals surface area (Å²) < 4.78 is 47.3. The zero-order chi connectivity index (χ0) is 47.4. The van der Waals surface area contributed by atoms with E-state index in [0.29, 0.717) is 68.3 Å². The number of rotatable bonds is 14. The highest BCUT2D eigenvalue weighted by molar-refractivity contribution is 7.88. The van der Waals surface area contributed by atoms with E-state index in [9.17, 15) is 28.2 Å². The second-order valence-corrected chi connectivity index (χ2v) is 16.1. The van der Waals surface area contributed by atoms with E-state index >= 15 is 0 Å². The summed E-state index contributed by atoms with van der Waals surface area (Å²) in [6.45, 7) is -0.450. The molecule has 0 unspecified atom stereocenters. The monoisotopic (exact) mass is 942 g/mol. The maximum Gasteiger partial charge on any atom is 0.267 e. The lowest BCUT2D eigenvalue weighted by Gasteiger charge is -2.10. The van der Waals surface area contributed by atoms with Crippen molar-refractivity contribution < 1.29 is 46.7 Å². The first-order chi connectivity index (χ1) is 33.0. The average molecular weight is 943 g/mol. The molecule has 2 amide bonds. The van der Waals surface area contributed by atoms with Crippen LogP contribution in [0.1, 0.15) is 43.6 Å². The van der Waals surface area contributed by atoms with Crippen molar-refractivity contribution in [2.45, 2.75) is 26.4 Å². The van der Waals surface area contributed by atoms with E-state index < -0.39 is 21.8 Å². The first-order valence-electron chi connectivity index (χ1n) is 19.9. The largest absolute Gasteiger partial charge is 0.470 e. The van der Waals surface area contributed by atoms with Crippen LogP contribution in [0.2, 0.25) is 0 Å². The number of aliphatic hydroxyl groups is 2. The summed E-state index contributed by atoms with van der Waals surface area (Å²) in [4.78, 5) is 33.9. The quantitative estimate of drug-likeness (QED) is 0.0512. The number of carbonyl (C=O) groups excluding carboxylic acids is 2. The molecule has 7 N–H and O–H groups in total. The average Bonchev–Trinajstić information content (AvgIpc) is 4.21. The summed E-state index contributed by atoms with van der Waals surface area (Å²) in [7, 11) is -3.59. The van der Waals surface area contributed by atoms with Gasteiger partial charge in [-0.3, -0.25) is 30.4 Å². The van der Waals surface area contributed by atoms with Gasteiger partial charge in [-0.1, -0.05) is 46.7 Å². The number of hydrazine groups is 2. The van der Waals surface area contributed by atoms with Gasteiger partial charge in [0.2, 0.25) is 33.4 Å². The molecule has 8 aromatic heterocycles. The molecule has 27 heteroatoms. The molecule has 0 saturated heterocycles.